The molecule has 0 fully saturated rings. The van der Waals surface area contributed by atoms with E-state index in [4.69, 9.17) is 21.4 Å². The maximum absolute atomic E-state index is 14.4. The zero-order chi connectivity index (χ0) is 23.5. The van der Waals surface area contributed by atoms with Gasteiger partial charge in [0.2, 0.25) is 0 Å². The van der Waals surface area contributed by atoms with Crippen molar-refractivity contribution in [2.45, 2.75) is 12.6 Å². The minimum Gasteiger partial charge on any atom is -0.482 e. The average molecular weight is 468 g/mol. The second-order valence-corrected chi connectivity index (χ2v) is 6.47. The maximum atomic E-state index is 14.4. The fourth-order valence-corrected chi connectivity index (χ4v) is 2.63. The van der Waals surface area contributed by atoms with Crippen LogP contribution in [0.15, 0.2) is 27.8 Å². The first-order valence-electron chi connectivity index (χ1n) is 8.34. The Balaban J connectivity index is 2.39. The van der Waals surface area contributed by atoms with Crippen molar-refractivity contribution in [1.82, 2.24) is 14.5 Å². The maximum Gasteiger partial charge on any atom is 0.431 e. The van der Waals surface area contributed by atoms with Crippen LogP contribution in [0.5, 0.6) is 5.75 Å². The number of carboxylic acid groups (broad SMARTS) is 1. The van der Waals surface area contributed by atoms with E-state index in [1.165, 1.54) is 0 Å². The van der Waals surface area contributed by atoms with Gasteiger partial charge in [-0.3, -0.25) is 19.0 Å². The number of nitrogens with zero attached hydrogens (tertiary/aromatic N) is 2. The number of aliphatic carboxylic acids is 1. The molecule has 14 heteroatoms. The summed E-state index contributed by atoms with van der Waals surface area (Å²) in [7, 11) is 0.758. The molecule has 9 nitrogen and oxygen atoms in total. The van der Waals surface area contributed by atoms with Gasteiger partial charge in [0.15, 0.2) is 6.61 Å². The Labute approximate surface area is 175 Å². The molecule has 0 radical (unpaired) electrons. The largest absolute Gasteiger partial charge is 0.482 e. The lowest BCUT2D eigenvalue weighted by atomic mass is 10.2. The number of carbonyl (C=O) groups excluding carboxylic acids is 1. The van der Waals surface area contributed by atoms with E-state index >= 15 is 0 Å². The number of nitrogens with one attached hydrogen (secondary N) is 1. The van der Waals surface area contributed by atoms with Crippen LogP contribution in [0.1, 0.15) is 12.1 Å². The fraction of sp³-hybridized carbons (Fsp3) is 0.294. The summed E-state index contributed by atoms with van der Waals surface area (Å²) in [6.07, 6.45) is -5.33. The third-order valence-electron chi connectivity index (χ3n) is 3.87. The smallest absolute Gasteiger partial charge is 0.431 e. The van der Waals surface area contributed by atoms with Crippen LogP contribution in [0.2, 0.25) is 5.02 Å². The molecule has 0 spiro atoms. The number of hydrogen-bond acceptors (Lipinski definition) is 5. The summed E-state index contributed by atoms with van der Waals surface area (Å²) in [6, 6.07) is 1.56. The highest BCUT2D eigenvalue weighted by molar-refractivity contribution is 6.32. The van der Waals surface area contributed by atoms with Crippen molar-refractivity contribution < 1.29 is 37.0 Å². The lowest BCUT2D eigenvalue weighted by molar-refractivity contribution is -0.144. The summed E-state index contributed by atoms with van der Waals surface area (Å²) >= 11 is 5.82. The Morgan fingerprint density at radius 1 is 1.23 bits per heavy atom. The molecule has 0 aliphatic heterocycles. The van der Waals surface area contributed by atoms with E-state index in [1.54, 1.807) is 0 Å². The summed E-state index contributed by atoms with van der Waals surface area (Å²) < 4.78 is 58.6. The van der Waals surface area contributed by atoms with Crippen molar-refractivity contribution in [3.63, 3.8) is 0 Å². The van der Waals surface area contributed by atoms with E-state index in [1.807, 2.05) is 0 Å². The zero-order valence-corrected chi connectivity index (χ0v) is 16.4. The first-order chi connectivity index (χ1) is 14.3. The highest BCUT2D eigenvalue weighted by Gasteiger charge is 2.35. The summed E-state index contributed by atoms with van der Waals surface area (Å²) in [4.78, 5) is 46.5. The minimum atomic E-state index is -4.99. The van der Waals surface area contributed by atoms with E-state index in [9.17, 15) is 36.7 Å². The molecule has 1 amide bonds. The molecule has 0 aliphatic carbocycles. The Hall–Kier alpha value is -3.35. The van der Waals surface area contributed by atoms with Crippen LogP contribution in [0.3, 0.4) is 0 Å². The van der Waals surface area contributed by atoms with E-state index < -0.39 is 53.1 Å². The quantitative estimate of drug-likeness (QED) is 0.593. The summed E-state index contributed by atoms with van der Waals surface area (Å²) in [5.74, 6) is -3.44. The lowest BCUT2D eigenvalue weighted by Crippen LogP contribution is -2.41. The summed E-state index contributed by atoms with van der Waals surface area (Å²) in [5, 5.41) is 10.4. The number of amides is 1. The van der Waals surface area contributed by atoms with Gasteiger partial charge >= 0.3 is 17.8 Å². The molecule has 0 bridgehead atoms. The van der Waals surface area contributed by atoms with E-state index in [2.05, 4.69) is 5.32 Å². The predicted molar refractivity (Wildman–Crippen MR) is 98.0 cm³/mol. The number of hydrogen-bond donors (Lipinski definition) is 2. The molecule has 1 aromatic carbocycles. The van der Waals surface area contributed by atoms with E-state index in [0.717, 1.165) is 13.1 Å². The average Bonchev–Trinajstić information content (AvgIpc) is 2.64. The molecule has 1 aromatic heterocycles. The topological polar surface area (TPSA) is 120 Å². The van der Waals surface area contributed by atoms with Gasteiger partial charge in [-0.25, -0.2) is 13.8 Å². The molecular formula is C17H14ClF4N3O6. The minimum absolute atomic E-state index is 0.131. The number of rotatable bonds is 7. The van der Waals surface area contributed by atoms with Crippen molar-refractivity contribution >= 4 is 23.5 Å². The first kappa shape index (κ1) is 23.9. The third-order valence-corrected chi connectivity index (χ3v) is 4.17. The number of halogens is 5. The molecule has 2 rings (SSSR count). The van der Waals surface area contributed by atoms with Crippen molar-refractivity contribution in [3.05, 3.63) is 55.6 Å². The van der Waals surface area contributed by atoms with Crippen molar-refractivity contribution in [1.29, 1.82) is 0 Å². The second-order valence-electron chi connectivity index (χ2n) is 6.06. The number of aromatic nitrogens is 2. The van der Waals surface area contributed by atoms with Crippen molar-refractivity contribution in [3.8, 4) is 11.4 Å². The van der Waals surface area contributed by atoms with Crippen molar-refractivity contribution in [2.75, 3.05) is 13.2 Å². The van der Waals surface area contributed by atoms with Crippen molar-refractivity contribution in [2.24, 2.45) is 7.05 Å². The van der Waals surface area contributed by atoms with Gasteiger partial charge in [-0.15, -0.1) is 0 Å². The Kier molecular flexibility index (Phi) is 7.10. The van der Waals surface area contributed by atoms with Gasteiger partial charge in [-0.1, -0.05) is 11.6 Å². The number of benzene rings is 1. The van der Waals surface area contributed by atoms with Gasteiger partial charge in [0.1, 0.15) is 17.3 Å². The Morgan fingerprint density at radius 3 is 2.45 bits per heavy atom. The molecule has 0 saturated heterocycles. The monoisotopic (exact) mass is 467 g/mol. The number of ether oxygens (including phenoxy) is 1. The van der Waals surface area contributed by atoms with Gasteiger partial charge in [0.25, 0.3) is 11.5 Å². The molecule has 0 unspecified atom stereocenters. The fourth-order valence-electron chi connectivity index (χ4n) is 2.42. The van der Waals surface area contributed by atoms with Gasteiger partial charge in [-0.2, -0.15) is 13.2 Å². The SMILES string of the molecule is Cn1c(C(F)(F)F)cc(=O)n(-c2cc(OCC(=O)NCCC(=O)O)c(Cl)cc2F)c1=O. The summed E-state index contributed by atoms with van der Waals surface area (Å²) in [5.41, 5.74) is -5.19. The molecule has 0 atom stereocenters. The highest BCUT2D eigenvalue weighted by Crippen LogP contribution is 2.30. The normalized spacial score (nSPS) is 11.3. The molecule has 1 heterocycles. The number of carbonyl (C=O) groups is 2. The third kappa shape index (κ3) is 5.63. The van der Waals surface area contributed by atoms with Crippen LogP contribution in [-0.4, -0.2) is 39.3 Å². The van der Waals surface area contributed by atoms with Gasteiger partial charge in [-0.05, 0) is 6.07 Å². The zero-order valence-electron chi connectivity index (χ0n) is 15.6. The molecule has 2 aromatic rings. The van der Waals surface area contributed by atoms with E-state index in [0.29, 0.717) is 6.07 Å². The molecule has 31 heavy (non-hydrogen) atoms. The van der Waals surface area contributed by atoms with Gasteiger partial charge in [0, 0.05) is 25.7 Å². The highest BCUT2D eigenvalue weighted by atomic mass is 35.5. The van der Waals surface area contributed by atoms with Crippen LogP contribution < -0.4 is 21.3 Å². The first-order valence-corrected chi connectivity index (χ1v) is 8.71. The Morgan fingerprint density at radius 2 is 1.87 bits per heavy atom. The van der Waals surface area contributed by atoms with Gasteiger partial charge < -0.3 is 15.2 Å². The standard InChI is InChI=1S/C17H14ClF4N3O6/c1-24-12(17(20,21)22)6-14(27)25(16(24)30)10-5-11(8(18)4-9(10)19)31-7-13(26)23-3-2-15(28)29/h4-6H,2-3,7H2,1H3,(H,23,26)(H,28,29). The van der Waals surface area contributed by atoms with Crippen LogP contribution >= 0.6 is 11.6 Å². The molecule has 0 aliphatic rings. The summed E-state index contributed by atoms with van der Waals surface area (Å²) in [6.45, 7) is -0.860. The number of carboxylic acids is 1. The lowest BCUT2D eigenvalue weighted by Gasteiger charge is -2.15. The number of alkyl halides is 3. The second kappa shape index (κ2) is 9.20. The molecule has 0 saturated carbocycles. The van der Waals surface area contributed by atoms with Crippen LogP contribution in [-0.2, 0) is 22.8 Å². The van der Waals surface area contributed by atoms with Gasteiger partial charge in [0.05, 0.1) is 17.1 Å². The van der Waals surface area contributed by atoms with Crippen LogP contribution in [0.25, 0.3) is 5.69 Å². The molecular weight excluding hydrogens is 454 g/mol. The predicted octanol–water partition coefficient (Wildman–Crippen LogP) is 1.32. The van der Waals surface area contributed by atoms with E-state index in [-0.39, 0.29) is 38.9 Å². The molecule has 2 N–H and O–H groups in total. The Bertz CT molecular complexity index is 1140. The van der Waals surface area contributed by atoms with Crippen LogP contribution in [0, 0.1) is 5.82 Å². The van der Waals surface area contributed by atoms with Crippen LogP contribution in [0.4, 0.5) is 17.6 Å². The molecule has 168 valence electrons.